The van der Waals surface area contributed by atoms with Crippen LogP contribution in [0.15, 0.2) is 24.3 Å². The maximum absolute atomic E-state index is 10.8. The van der Waals surface area contributed by atoms with E-state index in [4.69, 9.17) is 4.74 Å². The van der Waals surface area contributed by atoms with Gasteiger partial charge in [-0.05, 0) is 58.1 Å². The summed E-state index contributed by atoms with van der Waals surface area (Å²) in [6.07, 6.45) is 6.73. The third-order valence-corrected chi connectivity index (χ3v) is 7.28. The Hall–Kier alpha value is -1.14. The van der Waals surface area contributed by atoms with Crippen molar-refractivity contribution in [1.29, 1.82) is 0 Å². The van der Waals surface area contributed by atoms with Crippen molar-refractivity contribution in [2.45, 2.75) is 62.8 Å². The minimum absolute atomic E-state index is 0.293. The minimum Gasteiger partial charge on any atom is -0.383 e. The molecule has 1 aromatic carbocycles. The van der Waals surface area contributed by atoms with E-state index >= 15 is 0 Å². The fraction of sp³-hybridized carbons (Fsp3) is 0.739. The molecule has 5 nitrogen and oxygen atoms in total. The first kappa shape index (κ1) is 20.1. The first-order valence-corrected chi connectivity index (χ1v) is 11.0. The standard InChI is InChI=1S/C23H37N3O2/c1-23(27,16-28-3)21-6-4-5-7-22(21)24-18-10-11-26(15-18)14-17-12-19-8-9-20(13-17)25(19)2/h4-7,17-20,24,27H,8-16H2,1-3H3/t17?,18-,19-,20+,23-/m0/s1. The van der Waals surface area contributed by atoms with Crippen LogP contribution >= 0.6 is 0 Å². The maximum Gasteiger partial charge on any atom is 0.112 e. The van der Waals surface area contributed by atoms with E-state index in [-0.39, 0.29) is 0 Å². The molecule has 4 rings (SSSR count). The molecule has 5 atom stereocenters. The van der Waals surface area contributed by atoms with Crippen LogP contribution in [-0.2, 0) is 10.3 Å². The zero-order chi connectivity index (χ0) is 19.7. The van der Waals surface area contributed by atoms with Gasteiger partial charge in [0.05, 0.1) is 6.61 Å². The highest BCUT2D eigenvalue weighted by atomic mass is 16.5. The largest absolute Gasteiger partial charge is 0.383 e. The summed E-state index contributed by atoms with van der Waals surface area (Å²) in [6.45, 7) is 5.65. The van der Waals surface area contributed by atoms with Crippen LogP contribution in [0.3, 0.4) is 0 Å². The summed E-state index contributed by atoms with van der Waals surface area (Å²) in [7, 11) is 3.96. The number of ether oxygens (including phenoxy) is 1. The molecule has 5 heteroatoms. The molecule has 3 aliphatic heterocycles. The Balaban J connectivity index is 1.33. The Morgan fingerprint density at radius 2 is 1.89 bits per heavy atom. The van der Waals surface area contributed by atoms with Crippen molar-refractivity contribution >= 4 is 5.69 Å². The zero-order valence-corrected chi connectivity index (χ0v) is 17.7. The van der Waals surface area contributed by atoms with Gasteiger partial charge in [0.25, 0.3) is 0 Å². The highest BCUT2D eigenvalue weighted by Crippen LogP contribution is 2.38. The van der Waals surface area contributed by atoms with E-state index in [0.717, 1.165) is 35.8 Å². The van der Waals surface area contributed by atoms with E-state index in [0.29, 0.717) is 12.6 Å². The summed E-state index contributed by atoms with van der Waals surface area (Å²) < 4.78 is 5.23. The monoisotopic (exact) mass is 387 g/mol. The summed E-state index contributed by atoms with van der Waals surface area (Å²) in [5.41, 5.74) is 0.972. The Morgan fingerprint density at radius 3 is 2.61 bits per heavy atom. The molecular formula is C23H37N3O2. The summed E-state index contributed by atoms with van der Waals surface area (Å²) in [5.74, 6) is 0.863. The number of para-hydroxylation sites is 1. The normalized spacial score (nSPS) is 33.1. The van der Waals surface area contributed by atoms with Gasteiger partial charge in [0.2, 0.25) is 0 Å². The van der Waals surface area contributed by atoms with Crippen LogP contribution in [0.5, 0.6) is 0 Å². The molecule has 2 N–H and O–H groups in total. The molecule has 0 radical (unpaired) electrons. The molecule has 2 bridgehead atoms. The number of likely N-dealkylation sites (tertiary alicyclic amines) is 1. The Kier molecular flexibility index (Phi) is 5.98. The third-order valence-electron chi connectivity index (χ3n) is 7.28. The second-order valence-corrected chi connectivity index (χ2v) is 9.53. The third kappa shape index (κ3) is 4.23. The Labute approximate surface area is 170 Å². The number of nitrogens with zero attached hydrogens (tertiary/aromatic N) is 2. The fourth-order valence-electron chi connectivity index (χ4n) is 5.81. The van der Waals surface area contributed by atoms with Gasteiger partial charge in [-0.3, -0.25) is 0 Å². The number of rotatable bonds is 7. The summed E-state index contributed by atoms with van der Waals surface area (Å²) in [5, 5.41) is 14.5. The lowest BCUT2D eigenvalue weighted by Crippen LogP contribution is -2.43. The molecule has 3 aliphatic rings. The summed E-state index contributed by atoms with van der Waals surface area (Å²) >= 11 is 0. The number of methoxy groups -OCH3 is 1. The summed E-state index contributed by atoms with van der Waals surface area (Å²) in [4.78, 5) is 5.29. The number of aliphatic hydroxyl groups is 1. The molecule has 0 spiro atoms. The molecule has 0 aliphatic carbocycles. The fourth-order valence-corrected chi connectivity index (χ4v) is 5.81. The predicted molar refractivity (Wildman–Crippen MR) is 114 cm³/mol. The molecule has 28 heavy (non-hydrogen) atoms. The molecular weight excluding hydrogens is 350 g/mol. The number of anilines is 1. The topological polar surface area (TPSA) is 48.0 Å². The summed E-state index contributed by atoms with van der Waals surface area (Å²) in [6, 6.07) is 10.2. The van der Waals surface area contributed by atoms with Crippen LogP contribution in [0.1, 0.15) is 44.6 Å². The van der Waals surface area contributed by atoms with Crippen LogP contribution < -0.4 is 5.32 Å². The second-order valence-electron chi connectivity index (χ2n) is 9.53. The lowest BCUT2D eigenvalue weighted by Gasteiger charge is -2.37. The molecule has 1 unspecified atom stereocenters. The van der Waals surface area contributed by atoms with Gasteiger partial charge in [-0.1, -0.05) is 18.2 Å². The molecule has 0 amide bonds. The lowest BCUT2D eigenvalue weighted by molar-refractivity contribution is -0.0203. The van der Waals surface area contributed by atoms with Gasteiger partial charge in [0, 0.05) is 56.1 Å². The van der Waals surface area contributed by atoms with Crippen LogP contribution in [0, 0.1) is 5.92 Å². The number of benzene rings is 1. The van der Waals surface area contributed by atoms with Crippen LogP contribution in [0.4, 0.5) is 5.69 Å². The Bertz CT molecular complexity index is 651. The second kappa shape index (κ2) is 8.31. The number of fused-ring (bicyclic) bond motifs is 2. The van der Waals surface area contributed by atoms with Gasteiger partial charge in [-0.15, -0.1) is 0 Å². The molecule has 0 saturated carbocycles. The molecule has 1 aromatic rings. The molecule has 3 saturated heterocycles. The first-order chi connectivity index (χ1) is 13.5. The zero-order valence-electron chi connectivity index (χ0n) is 17.7. The lowest BCUT2D eigenvalue weighted by atomic mass is 9.91. The van der Waals surface area contributed by atoms with Gasteiger partial charge < -0.3 is 25.0 Å². The van der Waals surface area contributed by atoms with Crippen molar-refractivity contribution in [3.05, 3.63) is 29.8 Å². The van der Waals surface area contributed by atoms with Gasteiger partial charge in [0.15, 0.2) is 0 Å². The van der Waals surface area contributed by atoms with E-state index in [2.05, 4.69) is 28.2 Å². The SMILES string of the molecule is COC[C@](C)(O)c1ccccc1N[C@H]1CCN(CC2C[C@H]3CC[C@@H](C2)N3C)C1. The van der Waals surface area contributed by atoms with Gasteiger partial charge in [0.1, 0.15) is 5.60 Å². The average molecular weight is 388 g/mol. The van der Waals surface area contributed by atoms with Crippen LogP contribution in [0.25, 0.3) is 0 Å². The molecule has 0 aromatic heterocycles. The van der Waals surface area contributed by atoms with Crippen molar-refractivity contribution in [3.63, 3.8) is 0 Å². The van der Waals surface area contributed by atoms with Crippen molar-refractivity contribution in [3.8, 4) is 0 Å². The van der Waals surface area contributed by atoms with Crippen molar-refractivity contribution in [1.82, 2.24) is 9.80 Å². The van der Waals surface area contributed by atoms with E-state index in [1.54, 1.807) is 7.11 Å². The maximum atomic E-state index is 10.8. The van der Waals surface area contributed by atoms with Gasteiger partial charge >= 0.3 is 0 Å². The van der Waals surface area contributed by atoms with Gasteiger partial charge in [-0.2, -0.15) is 0 Å². The van der Waals surface area contributed by atoms with E-state index in [9.17, 15) is 5.11 Å². The molecule has 156 valence electrons. The number of piperidine rings is 1. The van der Waals surface area contributed by atoms with Crippen molar-refractivity contribution in [2.75, 3.05) is 45.7 Å². The molecule has 3 heterocycles. The quantitative estimate of drug-likeness (QED) is 0.753. The number of hydrogen-bond acceptors (Lipinski definition) is 5. The highest BCUT2D eigenvalue weighted by Gasteiger charge is 2.39. The minimum atomic E-state index is -0.982. The van der Waals surface area contributed by atoms with E-state index < -0.39 is 5.60 Å². The predicted octanol–water partition coefficient (Wildman–Crippen LogP) is 2.90. The Morgan fingerprint density at radius 1 is 1.18 bits per heavy atom. The van der Waals surface area contributed by atoms with E-state index in [1.165, 1.54) is 45.2 Å². The number of hydrogen-bond donors (Lipinski definition) is 2. The highest BCUT2D eigenvalue weighted by molar-refractivity contribution is 5.54. The van der Waals surface area contributed by atoms with Gasteiger partial charge in [-0.25, -0.2) is 0 Å². The first-order valence-electron chi connectivity index (χ1n) is 11.0. The average Bonchev–Trinajstić information content (AvgIpc) is 3.15. The smallest absolute Gasteiger partial charge is 0.112 e. The van der Waals surface area contributed by atoms with Crippen LogP contribution in [-0.4, -0.2) is 73.4 Å². The van der Waals surface area contributed by atoms with Crippen LogP contribution in [0.2, 0.25) is 0 Å². The van der Waals surface area contributed by atoms with E-state index in [1.807, 2.05) is 25.1 Å². The number of nitrogens with one attached hydrogen (secondary N) is 1. The molecule has 3 fully saturated rings. The van der Waals surface area contributed by atoms with Crippen molar-refractivity contribution < 1.29 is 9.84 Å². The van der Waals surface area contributed by atoms with Crippen molar-refractivity contribution in [2.24, 2.45) is 5.92 Å².